The van der Waals surface area contributed by atoms with Crippen LogP contribution in [0.4, 0.5) is 5.82 Å². The first-order valence-corrected chi connectivity index (χ1v) is 11.9. The molecule has 2 aromatic rings. The van der Waals surface area contributed by atoms with Gasteiger partial charge in [0.05, 0.1) is 13.7 Å². The van der Waals surface area contributed by atoms with Gasteiger partial charge in [-0.1, -0.05) is 23.3 Å². The van der Waals surface area contributed by atoms with Crippen molar-refractivity contribution >= 4 is 19.5 Å². The molecule has 0 saturated carbocycles. The van der Waals surface area contributed by atoms with Gasteiger partial charge in [-0.05, 0) is 30.7 Å². The minimum absolute atomic E-state index is 0.0912. The van der Waals surface area contributed by atoms with Gasteiger partial charge >= 0.3 is 19.4 Å². The Kier molecular flexibility index (Phi) is 8.32. The third-order valence-corrected chi connectivity index (χ3v) is 6.68. The highest BCUT2D eigenvalue weighted by molar-refractivity contribution is 7.52. The molecule has 36 heavy (non-hydrogen) atoms. The predicted octanol–water partition coefficient (Wildman–Crippen LogP) is 0.438. The van der Waals surface area contributed by atoms with Crippen LogP contribution in [-0.4, -0.2) is 63.4 Å². The molecule has 1 aliphatic heterocycles. The molecule has 1 unspecified atom stereocenters. The number of hydrogen-bond acceptors (Lipinski definition) is 12. The van der Waals surface area contributed by atoms with Gasteiger partial charge < -0.3 is 29.9 Å². The van der Waals surface area contributed by atoms with Crippen molar-refractivity contribution in [2.24, 2.45) is 5.11 Å². The first-order chi connectivity index (χ1) is 17.0. The van der Waals surface area contributed by atoms with Crippen molar-refractivity contribution < 1.29 is 38.1 Å². The molecule has 2 heterocycles. The predicted molar refractivity (Wildman–Crippen MR) is 122 cm³/mol. The zero-order valence-corrected chi connectivity index (χ0v) is 20.0. The molecule has 1 aliphatic rings. The Balaban J connectivity index is 1.91. The number of rotatable bonds is 10. The molecule has 5 N–H and O–H groups in total. The molecule has 0 spiro atoms. The van der Waals surface area contributed by atoms with Crippen molar-refractivity contribution in [1.82, 2.24) is 14.6 Å². The van der Waals surface area contributed by atoms with Crippen molar-refractivity contribution in [3.05, 3.63) is 63.5 Å². The minimum atomic E-state index is -4.44. The molecule has 0 amide bonds. The number of carbonyl (C=O) groups is 1. The van der Waals surface area contributed by atoms with Crippen molar-refractivity contribution in [3.8, 4) is 5.75 Å². The number of methoxy groups -OCH3 is 1. The van der Waals surface area contributed by atoms with Crippen LogP contribution in [0.1, 0.15) is 13.2 Å². The fourth-order valence-electron chi connectivity index (χ4n) is 3.27. The number of para-hydroxylation sites is 1. The van der Waals surface area contributed by atoms with E-state index in [0.717, 1.165) is 17.9 Å². The van der Waals surface area contributed by atoms with Gasteiger partial charge in [-0.25, -0.2) is 9.36 Å². The normalized spacial score (nSPS) is 25.8. The van der Waals surface area contributed by atoms with Crippen LogP contribution in [0.5, 0.6) is 5.75 Å². The summed E-state index contributed by atoms with van der Waals surface area (Å²) >= 11 is 0. The van der Waals surface area contributed by atoms with Crippen LogP contribution in [0.2, 0.25) is 0 Å². The average Bonchev–Trinajstić information content (AvgIpc) is 3.08. The van der Waals surface area contributed by atoms with Gasteiger partial charge in [0.15, 0.2) is 6.23 Å². The smallest absolute Gasteiger partial charge is 0.459 e. The Hall–Kier alpha value is -3.49. The Morgan fingerprint density at radius 3 is 2.72 bits per heavy atom. The second kappa shape index (κ2) is 11.1. The molecule has 17 heteroatoms. The van der Waals surface area contributed by atoms with Crippen LogP contribution in [0, 0.1) is 0 Å². The van der Waals surface area contributed by atoms with Crippen molar-refractivity contribution in [3.63, 3.8) is 0 Å². The maximum Gasteiger partial charge on any atom is 0.459 e. The molecule has 1 fully saturated rings. The summed E-state index contributed by atoms with van der Waals surface area (Å²) in [7, 11) is -3.32. The Bertz CT molecular complexity index is 1240. The number of nitrogen functional groups attached to an aromatic ring is 1. The number of aromatic nitrogens is 2. The summed E-state index contributed by atoms with van der Waals surface area (Å²) in [6.07, 6.45) is -4.18. The van der Waals surface area contributed by atoms with Crippen molar-refractivity contribution in [1.29, 1.82) is 0 Å². The topological polar surface area (TPSA) is 233 Å². The molecule has 1 saturated heterocycles. The lowest BCUT2D eigenvalue weighted by atomic mass is 10.1. The van der Waals surface area contributed by atoms with Crippen LogP contribution in [-0.2, 0) is 23.4 Å². The third kappa shape index (κ3) is 5.83. The van der Waals surface area contributed by atoms with E-state index >= 15 is 0 Å². The standard InChI is InChI=1S/C19H24N7O9P/c1-11(17(29)32-2)23-36(31,35-12-6-4-3-5-7-12)33-10-19(24-25-21)15(28)14(27)16(34-19)26-9-8-13(20)22-18(26)30/h3-9,11,14-16,27-28H,10H2,1-2H3,(H,23,31)(H2,20,22,30)/t11-,14+,15-,16+,19+,36?/m0/s1. The van der Waals surface area contributed by atoms with Gasteiger partial charge in [0, 0.05) is 11.1 Å². The number of azide groups is 1. The van der Waals surface area contributed by atoms with Crippen LogP contribution in [0.3, 0.4) is 0 Å². The van der Waals surface area contributed by atoms with Gasteiger partial charge in [-0.15, -0.1) is 0 Å². The first kappa shape index (κ1) is 27.1. The molecule has 0 radical (unpaired) electrons. The summed E-state index contributed by atoms with van der Waals surface area (Å²) in [5.74, 6) is -0.796. The lowest BCUT2D eigenvalue weighted by Crippen LogP contribution is -2.45. The van der Waals surface area contributed by atoms with E-state index < -0.39 is 56.2 Å². The Labute approximate surface area is 203 Å². The van der Waals surface area contributed by atoms with Crippen LogP contribution >= 0.6 is 7.75 Å². The number of anilines is 1. The number of benzene rings is 1. The van der Waals surface area contributed by atoms with Crippen molar-refractivity contribution in [2.75, 3.05) is 19.5 Å². The van der Waals surface area contributed by atoms with E-state index in [4.69, 9.17) is 25.0 Å². The average molecular weight is 525 g/mol. The lowest BCUT2D eigenvalue weighted by molar-refractivity contribution is -0.142. The number of aliphatic hydroxyl groups excluding tert-OH is 2. The summed E-state index contributed by atoms with van der Waals surface area (Å²) in [4.78, 5) is 30.3. The zero-order chi connectivity index (χ0) is 26.5. The van der Waals surface area contributed by atoms with Gasteiger partial charge in [-0.2, -0.15) is 10.1 Å². The fraction of sp³-hybridized carbons (Fsp3) is 0.421. The van der Waals surface area contributed by atoms with Crippen LogP contribution < -0.4 is 21.0 Å². The fourth-order valence-corrected chi connectivity index (χ4v) is 4.79. The van der Waals surface area contributed by atoms with E-state index in [1.165, 1.54) is 25.1 Å². The number of nitrogens with two attached hydrogens (primary N) is 1. The molecule has 0 bridgehead atoms. The number of hydrogen-bond donors (Lipinski definition) is 4. The Morgan fingerprint density at radius 1 is 1.42 bits per heavy atom. The molecule has 3 rings (SSSR count). The van der Waals surface area contributed by atoms with Gasteiger partial charge in [0.2, 0.25) is 5.72 Å². The molecule has 1 aromatic heterocycles. The number of nitrogens with one attached hydrogen (secondary N) is 1. The van der Waals surface area contributed by atoms with Crippen LogP contribution in [0.25, 0.3) is 10.4 Å². The number of aliphatic hydroxyl groups is 2. The second-order valence-corrected chi connectivity index (χ2v) is 9.26. The van der Waals surface area contributed by atoms with E-state index in [-0.39, 0.29) is 11.6 Å². The largest absolute Gasteiger partial charge is 0.468 e. The van der Waals surface area contributed by atoms with E-state index in [1.54, 1.807) is 18.2 Å². The number of carbonyl (C=O) groups excluding carboxylic acids is 1. The van der Waals surface area contributed by atoms with Gasteiger partial charge in [0.1, 0.15) is 29.8 Å². The monoisotopic (exact) mass is 525 g/mol. The molecular weight excluding hydrogens is 501 g/mol. The highest BCUT2D eigenvalue weighted by Gasteiger charge is 2.56. The number of ether oxygens (including phenoxy) is 2. The maximum atomic E-state index is 13.6. The van der Waals surface area contributed by atoms with Gasteiger partial charge in [-0.3, -0.25) is 13.9 Å². The number of nitrogens with zero attached hydrogens (tertiary/aromatic N) is 5. The number of esters is 1. The maximum absolute atomic E-state index is 13.6. The molecule has 6 atom stereocenters. The highest BCUT2D eigenvalue weighted by Crippen LogP contribution is 2.48. The van der Waals surface area contributed by atoms with Crippen LogP contribution in [0.15, 0.2) is 52.5 Å². The van der Waals surface area contributed by atoms with E-state index in [9.17, 15) is 24.4 Å². The van der Waals surface area contributed by atoms with E-state index in [2.05, 4.69) is 24.8 Å². The van der Waals surface area contributed by atoms with E-state index in [0.29, 0.717) is 0 Å². The summed E-state index contributed by atoms with van der Waals surface area (Å²) in [5, 5.41) is 27.1. The minimum Gasteiger partial charge on any atom is -0.468 e. The molecule has 16 nitrogen and oxygen atoms in total. The third-order valence-electron chi connectivity index (χ3n) is 5.06. The van der Waals surface area contributed by atoms with E-state index in [1.807, 2.05) is 0 Å². The van der Waals surface area contributed by atoms with Gasteiger partial charge in [0.25, 0.3) is 0 Å². The first-order valence-electron chi connectivity index (χ1n) is 10.3. The second-order valence-electron chi connectivity index (χ2n) is 7.57. The Morgan fingerprint density at radius 2 is 2.11 bits per heavy atom. The lowest BCUT2D eigenvalue weighted by Gasteiger charge is -2.29. The zero-order valence-electron chi connectivity index (χ0n) is 19.1. The summed E-state index contributed by atoms with van der Waals surface area (Å²) in [5.41, 5.74) is 11.3. The molecule has 0 aliphatic carbocycles. The SMILES string of the molecule is COC(=O)[C@H](C)NP(=O)(OC[C@@]1(N=[N+]=[N-])O[C@@H](n2ccc(N)nc2=O)[C@H](O)[C@@H]1O)Oc1ccccc1. The quantitative estimate of drug-likeness (QED) is 0.109. The molecular formula is C19H24N7O9P. The summed E-state index contributed by atoms with van der Waals surface area (Å²) in [6, 6.07) is 7.86. The summed E-state index contributed by atoms with van der Waals surface area (Å²) in [6.45, 7) is 0.397. The van der Waals surface area contributed by atoms with Crippen molar-refractivity contribution in [2.45, 2.75) is 37.1 Å². The highest BCUT2D eigenvalue weighted by atomic mass is 31.2. The molecule has 1 aromatic carbocycles. The molecule has 194 valence electrons. The summed E-state index contributed by atoms with van der Waals surface area (Å²) < 4.78 is 35.5.